The molecule has 9 heteroatoms. The average molecular weight is 343 g/mol. The number of hydrogen-bond donors (Lipinski definition) is 0. The van der Waals surface area contributed by atoms with Gasteiger partial charge in [0.2, 0.25) is 0 Å². The zero-order valence-electron chi connectivity index (χ0n) is 12.9. The van der Waals surface area contributed by atoms with Crippen LogP contribution in [0.4, 0.5) is 13.2 Å². The fraction of sp³-hybridized carbons (Fsp3) is 0.769. The molecule has 1 fully saturated rings. The average Bonchev–Trinajstić information content (AvgIpc) is 2.31. The van der Waals surface area contributed by atoms with E-state index in [1.807, 2.05) is 0 Å². The quantitative estimate of drug-likeness (QED) is 0.788. The summed E-state index contributed by atoms with van der Waals surface area (Å²) in [4.78, 5) is 15.6. The first-order valence-corrected chi connectivity index (χ1v) is 8.20. The Balaban J connectivity index is 3.13. The maximum absolute atomic E-state index is 12.4. The SMILES string of the molecule is C=CS(=O)(=O)C1CC(C)(C)N(OC(=O)C(F)(F)F)C(C)(C)C1. The lowest BCUT2D eigenvalue weighted by Gasteiger charge is -2.52. The van der Waals surface area contributed by atoms with E-state index in [-0.39, 0.29) is 12.8 Å². The van der Waals surface area contributed by atoms with Crippen LogP contribution in [0.5, 0.6) is 0 Å². The van der Waals surface area contributed by atoms with E-state index in [1.54, 1.807) is 0 Å². The number of hydrogen-bond acceptors (Lipinski definition) is 5. The molecule has 0 aromatic rings. The largest absolute Gasteiger partial charge is 0.492 e. The molecule has 0 aliphatic carbocycles. The molecular formula is C13H20F3NO4S. The Kier molecular flexibility index (Phi) is 4.76. The lowest BCUT2D eigenvalue weighted by Crippen LogP contribution is -2.63. The van der Waals surface area contributed by atoms with Gasteiger partial charge in [0.25, 0.3) is 0 Å². The van der Waals surface area contributed by atoms with E-state index in [0.717, 1.165) is 10.5 Å². The van der Waals surface area contributed by atoms with Crippen LogP contribution in [0.3, 0.4) is 0 Å². The van der Waals surface area contributed by atoms with Gasteiger partial charge in [-0.3, -0.25) is 0 Å². The molecule has 1 aliphatic heterocycles. The van der Waals surface area contributed by atoms with Crippen molar-refractivity contribution in [3.8, 4) is 0 Å². The minimum absolute atomic E-state index is 0.0237. The second-order valence-corrected chi connectivity index (χ2v) is 8.76. The number of carbonyl (C=O) groups is 1. The molecule has 1 saturated heterocycles. The molecule has 0 bridgehead atoms. The molecular weight excluding hydrogens is 323 g/mol. The van der Waals surface area contributed by atoms with Gasteiger partial charge in [0, 0.05) is 5.41 Å². The van der Waals surface area contributed by atoms with Gasteiger partial charge in [0.1, 0.15) is 0 Å². The lowest BCUT2D eigenvalue weighted by atomic mass is 9.82. The highest BCUT2D eigenvalue weighted by atomic mass is 32.2. The number of alkyl halides is 3. The van der Waals surface area contributed by atoms with Crippen LogP contribution in [0.1, 0.15) is 40.5 Å². The Bertz CT molecular complexity index is 548. The molecule has 1 aliphatic rings. The number of sulfone groups is 1. The van der Waals surface area contributed by atoms with Gasteiger partial charge in [-0.15, -0.1) is 5.06 Å². The summed E-state index contributed by atoms with van der Waals surface area (Å²) in [5.41, 5.74) is -2.16. The summed E-state index contributed by atoms with van der Waals surface area (Å²) in [7, 11) is -3.57. The standard InChI is InChI=1S/C13H20F3NO4S/c1-6-22(19,20)9-7-11(2,3)17(12(4,5)8-9)21-10(18)13(14,15)16/h6,9H,1,7-8H2,2-5H3. The molecule has 0 amide bonds. The van der Waals surface area contributed by atoms with Crippen molar-refractivity contribution in [1.82, 2.24) is 5.06 Å². The van der Waals surface area contributed by atoms with Crippen LogP contribution >= 0.6 is 0 Å². The molecule has 1 rings (SSSR count). The van der Waals surface area contributed by atoms with Gasteiger partial charge in [-0.1, -0.05) is 6.58 Å². The maximum Gasteiger partial charge on any atom is 0.492 e. The van der Waals surface area contributed by atoms with E-state index in [4.69, 9.17) is 0 Å². The molecule has 0 radical (unpaired) electrons. The summed E-state index contributed by atoms with van der Waals surface area (Å²) < 4.78 is 61.2. The number of hydroxylamine groups is 2. The van der Waals surface area contributed by atoms with Crippen molar-refractivity contribution in [2.45, 2.75) is 63.0 Å². The predicted molar refractivity (Wildman–Crippen MR) is 74.3 cm³/mol. The van der Waals surface area contributed by atoms with Gasteiger partial charge in [-0.25, -0.2) is 13.2 Å². The van der Waals surface area contributed by atoms with E-state index in [9.17, 15) is 26.4 Å². The van der Waals surface area contributed by atoms with E-state index in [2.05, 4.69) is 11.4 Å². The maximum atomic E-state index is 12.4. The summed E-state index contributed by atoms with van der Waals surface area (Å²) in [6.07, 6.45) is -5.07. The van der Waals surface area contributed by atoms with Gasteiger partial charge in [-0.05, 0) is 40.5 Å². The van der Waals surface area contributed by atoms with Crippen molar-refractivity contribution < 1.29 is 31.2 Å². The minimum atomic E-state index is -5.11. The van der Waals surface area contributed by atoms with Crippen molar-refractivity contribution in [3.05, 3.63) is 12.0 Å². The minimum Gasteiger partial charge on any atom is -0.360 e. The van der Waals surface area contributed by atoms with E-state index >= 15 is 0 Å². The molecule has 22 heavy (non-hydrogen) atoms. The van der Waals surface area contributed by atoms with Crippen LogP contribution in [-0.4, -0.2) is 42.0 Å². The smallest absolute Gasteiger partial charge is 0.360 e. The second kappa shape index (κ2) is 5.52. The van der Waals surface area contributed by atoms with Crippen LogP contribution in [0.2, 0.25) is 0 Å². The third kappa shape index (κ3) is 3.81. The van der Waals surface area contributed by atoms with Crippen LogP contribution < -0.4 is 0 Å². The summed E-state index contributed by atoms with van der Waals surface area (Å²) in [6.45, 7) is 9.39. The number of nitrogens with zero attached hydrogens (tertiary/aromatic N) is 1. The first-order chi connectivity index (χ1) is 9.63. The third-order valence-corrected chi connectivity index (χ3v) is 5.38. The molecule has 5 nitrogen and oxygen atoms in total. The van der Waals surface area contributed by atoms with Crippen molar-refractivity contribution in [3.63, 3.8) is 0 Å². The van der Waals surface area contributed by atoms with Crippen LogP contribution in [0, 0.1) is 0 Å². The highest BCUT2D eigenvalue weighted by Crippen LogP contribution is 2.42. The molecule has 0 atom stereocenters. The molecule has 0 aromatic carbocycles. The second-order valence-electron chi connectivity index (χ2n) is 6.58. The molecule has 128 valence electrons. The molecule has 1 heterocycles. The van der Waals surface area contributed by atoms with Gasteiger partial charge >= 0.3 is 12.1 Å². The third-order valence-electron chi connectivity index (χ3n) is 3.66. The summed E-state index contributed by atoms with van der Waals surface area (Å²) in [5, 5.41) is 1.00. The monoisotopic (exact) mass is 343 g/mol. The highest BCUT2D eigenvalue weighted by molar-refractivity contribution is 7.94. The van der Waals surface area contributed by atoms with Gasteiger partial charge in [0.05, 0.1) is 16.3 Å². The number of halogens is 3. The first-order valence-electron chi connectivity index (χ1n) is 6.59. The zero-order valence-corrected chi connectivity index (χ0v) is 13.7. The summed E-state index contributed by atoms with van der Waals surface area (Å²) >= 11 is 0. The Morgan fingerprint density at radius 1 is 1.23 bits per heavy atom. The van der Waals surface area contributed by atoms with Crippen LogP contribution in [0.25, 0.3) is 0 Å². The predicted octanol–water partition coefficient (Wildman–Crippen LogP) is 2.59. The Labute approximate surface area is 128 Å². The van der Waals surface area contributed by atoms with E-state index < -0.39 is 38.3 Å². The molecule has 0 saturated carbocycles. The van der Waals surface area contributed by atoms with E-state index in [0.29, 0.717) is 0 Å². The fourth-order valence-electron chi connectivity index (χ4n) is 2.92. The lowest BCUT2D eigenvalue weighted by molar-refractivity contribution is -0.290. The molecule has 0 aromatic heterocycles. The van der Waals surface area contributed by atoms with Gasteiger partial charge in [-0.2, -0.15) is 13.2 Å². The fourth-order valence-corrected chi connectivity index (χ4v) is 4.47. The van der Waals surface area contributed by atoms with Crippen molar-refractivity contribution in [2.75, 3.05) is 0 Å². The Hall–Kier alpha value is -1.09. The van der Waals surface area contributed by atoms with Gasteiger partial charge in [0.15, 0.2) is 9.84 Å². The van der Waals surface area contributed by atoms with Crippen LogP contribution in [0.15, 0.2) is 12.0 Å². The van der Waals surface area contributed by atoms with Crippen LogP contribution in [-0.2, 0) is 19.5 Å². The molecule has 0 unspecified atom stereocenters. The topological polar surface area (TPSA) is 63.7 Å². The van der Waals surface area contributed by atoms with Crippen molar-refractivity contribution in [1.29, 1.82) is 0 Å². The molecule has 0 N–H and O–H groups in total. The van der Waals surface area contributed by atoms with Crippen molar-refractivity contribution >= 4 is 15.8 Å². The summed E-state index contributed by atoms with van der Waals surface area (Å²) in [6, 6.07) is 0. The Morgan fingerprint density at radius 3 is 1.95 bits per heavy atom. The van der Waals surface area contributed by atoms with Crippen molar-refractivity contribution in [2.24, 2.45) is 0 Å². The normalized spacial score (nSPS) is 23.0. The highest BCUT2D eigenvalue weighted by Gasteiger charge is 2.53. The zero-order chi connectivity index (χ0) is 17.6. The number of carbonyl (C=O) groups excluding carboxylic acids is 1. The van der Waals surface area contributed by atoms with Gasteiger partial charge < -0.3 is 4.84 Å². The Morgan fingerprint density at radius 2 is 1.64 bits per heavy atom. The molecule has 0 spiro atoms. The number of rotatable bonds is 3. The summed E-state index contributed by atoms with van der Waals surface area (Å²) in [5.74, 6) is -2.32. The number of piperidine rings is 1. The first kappa shape index (κ1) is 19.0. The van der Waals surface area contributed by atoms with E-state index in [1.165, 1.54) is 27.7 Å².